The number of aromatic nitrogens is 1. The molecule has 0 aliphatic carbocycles. The predicted molar refractivity (Wildman–Crippen MR) is 97.5 cm³/mol. The number of furan rings is 1. The highest BCUT2D eigenvalue weighted by Gasteiger charge is 2.31. The van der Waals surface area contributed by atoms with Crippen LogP contribution >= 0.6 is 23.6 Å². The van der Waals surface area contributed by atoms with Gasteiger partial charge in [-0.1, -0.05) is 5.16 Å². The fourth-order valence-corrected chi connectivity index (χ4v) is 3.16. The average Bonchev–Trinajstić information content (AvgIpc) is 3.37. The molecule has 0 bridgehead atoms. The Morgan fingerprint density at radius 1 is 1.52 bits per heavy atom. The van der Waals surface area contributed by atoms with Gasteiger partial charge in [0, 0.05) is 5.38 Å². The summed E-state index contributed by atoms with van der Waals surface area (Å²) in [6.07, 6.45) is 1.29. The Morgan fingerprint density at radius 2 is 2.33 bits per heavy atom. The van der Waals surface area contributed by atoms with E-state index in [1.807, 2.05) is 0 Å². The van der Waals surface area contributed by atoms with Crippen LogP contribution in [0.4, 0.5) is 5.13 Å². The molecule has 1 amide bonds. The quantitative estimate of drug-likeness (QED) is 0.246. The Kier molecular flexibility index (Phi) is 5.57. The fourth-order valence-electron chi connectivity index (χ4n) is 2.01. The monoisotopic (exact) mass is 408 g/mol. The van der Waals surface area contributed by atoms with Crippen molar-refractivity contribution in [1.29, 1.82) is 0 Å². The van der Waals surface area contributed by atoms with Crippen LogP contribution in [0.1, 0.15) is 23.2 Å². The molecule has 27 heavy (non-hydrogen) atoms. The van der Waals surface area contributed by atoms with Gasteiger partial charge in [0.2, 0.25) is 11.5 Å². The minimum atomic E-state index is -0.891. The summed E-state index contributed by atoms with van der Waals surface area (Å²) in [5.74, 6) is -2.09. The van der Waals surface area contributed by atoms with Crippen molar-refractivity contribution in [3.05, 3.63) is 35.2 Å². The normalized spacial score (nSPS) is 14.3. The molecule has 1 aliphatic heterocycles. The second-order valence-electron chi connectivity index (χ2n) is 4.92. The number of carbonyl (C=O) groups is 3. The fraction of sp³-hybridized carbons (Fsp3) is 0.200. The molecular formula is C15H12N4O6S2. The van der Waals surface area contributed by atoms with Crippen molar-refractivity contribution in [2.75, 3.05) is 18.1 Å². The summed E-state index contributed by atoms with van der Waals surface area (Å²) < 4.78 is 9.82. The number of ether oxygens (including phenoxy) is 1. The first-order valence-corrected chi connectivity index (χ1v) is 8.86. The molecule has 0 spiro atoms. The van der Waals surface area contributed by atoms with Gasteiger partial charge < -0.3 is 19.3 Å². The minimum Gasteiger partial charge on any atom is -0.461 e. The van der Waals surface area contributed by atoms with Crippen LogP contribution in [0.2, 0.25) is 0 Å². The second kappa shape index (κ2) is 8.05. The van der Waals surface area contributed by atoms with Gasteiger partial charge in [-0.2, -0.15) is 0 Å². The summed E-state index contributed by atoms with van der Waals surface area (Å²) in [5, 5.41) is 8.23. The topological polar surface area (TPSA) is 123 Å². The van der Waals surface area contributed by atoms with E-state index in [0.29, 0.717) is 0 Å². The molecule has 10 nitrogen and oxygen atoms in total. The molecular weight excluding hydrogens is 396 g/mol. The zero-order valence-corrected chi connectivity index (χ0v) is 15.5. The van der Waals surface area contributed by atoms with Crippen LogP contribution in [0.15, 0.2) is 33.3 Å². The lowest BCUT2D eigenvalue weighted by atomic mass is 10.3. The standard InChI is InChI=1S/C15H12N4O6S2/c1-2-23-13(22)11(18-25-12(21)9-4-3-5-24-9)8-7-27-15(17-8)19-10(20)6-16-14(19)26/h3-5,7H,2,6H2,1H3,(H,16,26)/b18-11-. The number of nitrogens with one attached hydrogen (secondary N) is 1. The van der Waals surface area contributed by atoms with Crippen LogP contribution in [0.5, 0.6) is 0 Å². The first kappa shape index (κ1) is 18.7. The highest BCUT2D eigenvalue weighted by atomic mass is 32.1. The zero-order chi connectivity index (χ0) is 19.4. The lowest BCUT2D eigenvalue weighted by Crippen LogP contribution is -2.30. The van der Waals surface area contributed by atoms with Gasteiger partial charge in [0.05, 0.1) is 19.4 Å². The van der Waals surface area contributed by atoms with Gasteiger partial charge in [-0.05, 0) is 31.3 Å². The van der Waals surface area contributed by atoms with E-state index in [-0.39, 0.29) is 46.5 Å². The number of anilines is 1. The molecule has 1 fully saturated rings. The van der Waals surface area contributed by atoms with E-state index < -0.39 is 11.9 Å². The lowest BCUT2D eigenvalue weighted by Gasteiger charge is -2.09. The average molecular weight is 408 g/mol. The van der Waals surface area contributed by atoms with Crippen molar-refractivity contribution in [3.8, 4) is 0 Å². The van der Waals surface area contributed by atoms with Gasteiger partial charge in [-0.25, -0.2) is 19.5 Å². The van der Waals surface area contributed by atoms with Crippen LogP contribution < -0.4 is 10.2 Å². The Balaban J connectivity index is 1.86. The number of hydrogen-bond donors (Lipinski definition) is 1. The summed E-state index contributed by atoms with van der Waals surface area (Å²) in [5.41, 5.74) is -0.257. The Morgan fingerprint density at radius 3 is 2.96 bits per heavy atom. The van der Waals surface area contributed by atoms with Crippen LogP contribution in [0.25, 0.3) is 0 Å². The highest BCUT2D eigenvalue weighted by molar-refractivity contribution is 7.80. The van der Waals surface area contributed by atoms with Gasteiger partial charge in [0.1, 0.15) is 5.69 Å². The molecule has 1 saturated heterocycles. The molecule has 0 aromatic carbocycles. The lowest BCUT2D eigenvalue weighted by molar-refractivity contribution is -0.135. The Labute approximate surface area is 161 Å². The number of nitrogens with zero attached hydrogens (tertiary/aromatic N) is 3. The molecule has 2 aromatic rings. The molecule has 2 aromatic heterocycles. The first-order valence-electron chi connectivity index (χ1n) is 7.58. The van der Waals surface area contributed by atoms with E-state index in [4.69, 9.17) is 26.2 Å². The number of rotatable bonds is 6. The van der Waals surface area contributed by atoms with Crippen LogP contribution in [-0.4, -0.2) is 46.8 Å². The molecule has 0 atom stereocenters. The van der Waals surface area contributed by atoms with E-state index >= 15 is 0 Å². The Bertz CT molecular complexity index is 905. The number of carbonyl (C=O) groups excluding carboxylic acids is 3. The summed E-state index contributed by atoms with van der Waals surface area (Å²) >= 11 is 6.13. The smallest absolute Gasteiger partial charge is 0.400 e. The van der Waals surface area contributed by atoms with Crippen molar-refractivity contribution in [2.24, 2.45) is 5.16 Å². The van der Waals surface area contributed by atoms with Gasteiger partial charge in [0.25, 0.3) is 5.91 Å². The van der Waals surface area contributed by atoms with E-state index in [9.17, 15) is 14.4 Å². The minimum absolute atomic E-state index is 0.0628. The third-order valence-corrected chi connectivity index (χ3v) is 4.33. The first-order chi connectivity index (χ1) is 13.0. The van der Waals surface area contributed by atoms with Crippen molar-refractivity contribution < 1.29 is 28.4 Å². The predicted octanol–water partition coefficient (Wildman–Crippen LogP) is 1.08. The number of thiocarbonyl (C=S) groups is 1. The van der Waals surface area contributed by atoms with E-state index in [1.165, 1.54) is 28.7 Å². The molecule has 0 saturated carbocycles. The van der Waals surface area contributed by atoms with Gasteiger partial charge in [-0.3, -0.25) is 4.79 Å². The third kappa shape index (κ3) is 4.01. The van der Waals surface area contributed by atoms with Crippen molar-refractivity contribution in [3.63, 3.8) is 0 Å². The van der Waals surface area contributed by atoms with Crippen LogP contribution in [0, 0.1) is 0 Å². The molecule has 3 heterocycles. The molecule has 0 radical (unpaired) electrons. The molecule has 0 unspecified atom stereocenters. The second-order valence-corrected chi connectivity index (χ2v) is 6.14. The number of oxime groups is 1. The molecule has 140 valence electrons. The summed E-state index contributed by atoms with van der Waals surface area (Å²) in [6.45, 7) is 1.76. The van der Waals surface area contributed by atoms with Crippen LogP contribution in [0.3, 0.4) is 0 Å². The maximum Gasteiger partial charge on any atom is 0.400 e. The summed E-state index contributed by atoms with van der Waals surface area (Å²) in [7, 11) is 0. The number of amides is 1. The van der Waals surface area contributed by atoms with E-state index in [2.05, 4.69) is 15.5 Å². The van der Waals surface area contributed by atoms with E-state index in [1.54, 1.807) is 6.92 Å². The molecule has 1 N–H and O–H groups in total. The van der Waals surface area contributed by atoms with E-state index in [0.717, 1.165) is 11.3 Å². The maximum absolute atomic E-state index is 12.2. The molecule has 12 heteroatoms. The number of esters is 1. The molecule has 3 rings (SSSR count). The van der Waals surface area contributed by atoms with Crippen LogP contribution in [-0.2, 0) is 19.2 Å². The summed E-state index contributed by atoms with van der Waals surface area (Å²) in [4.78, 5) is 46.1. The Hall–Kier alpha value is -3.12. The summed E-state index contributed by atoms with van der Waals surface area (Å²) in [6, 6.07) is 2.89. The van der Waals surface area contributed by atoms with Crippen molar-refractivity contribution in [2.45, 2.75) is 6.92 Å². The van der Waals surface area contributed by atoms with Crippen molar-refractivity contribution >= 4 is 57.4 Å². The largest absolute Gasteiger partial charge is 0.461 e. The SMILES string of the molecule is CCOC(=O)/C(=N\OC(=O)c1ccco1)c1csc(N2C(=O)CNC2=S)n1. The van der Waals surface area contributed by atoms with Crippen molar-refractivity contribution in [1.82, 2.24) is 10.3 Å². The number of thiazole rings is 1. The number of hydrogen-bond acceptors (Lipinski definition) is 10. The highest BCUT2D eigenvalue weighted by Crippen LogP contribution is 2.23. The van der Waals surface area contributed by atoms with Gasteiger partial charge in [-0.15, -0.1) is 11.3 Å². The third-order valence-electron chi connectivity index (χ3n) is 3.18. The zero-order valence-electron chi connectivity index (χ0n) is 13.8. The molecule has 1 aliphatic rings. The maximum atomic E-state index is 12.2. The van der Waals surface area contributed by atoms with Gasteiger partial charge in [0.15, 0.2) is 10.2 Å². The van der Waals surface area contributed by atoms with Gasteiger partial charge >= 0.3 is 11.9 Å².